The minimum absolute atomic E-state index is 0.273. The van der Waals surface area contributed by atoms with Crippen LogP contribution in [0.3, 0.4) is 0 Å². The number of fused-ring (bicyclic) bond motifs is 1. The summed E-state index contributed by atoms with van der Waals surface area (Å²) in [7, 11) is 1.69. The third kappa shape index (κ3) is 2.82. The average Bonchev–Trinajstić information content (AvgIpc) is 2.43. The summed E-state index contributed by atoms with van der Waals surface area (Å²) in [6, 6.07) is 12.7. The first-order valence-corrected chi connectivity index (χ1v) is 6.43. The first-order valence-electron chi connectivity index (χ1n) is 6.43. The Labute approximate surface area is 108 Å². The summed E-state index contributed by atoms with van der Waals surface area (Å²) in [6.07, 6.45) is 1.89. The number of rotatable bonds is 5. The highest BCUT2D eigenvalue weighted by atomic mass is 16.5. The number of benzene rings is 2. The SMILES string of the molecule is COc1ccc2cc(C(C)CCCO)ccc2c1. The van der Waals surface area contributed by atoms with Gasteiger partial charge in [0.1, 0.15) is 5.75 Å². The van der Waals surface area contributed by atoms with Crippen molar-refractivity contribution in [1.29, 1.82) is 0 Å². The zero-order valence-corrected chi connectivity index (χ0v) is 11.0. The average molecular weight is 244 g/mol. The zero-order chi connectivity index (χ0) is 13.0. The fourth-order valence-corrected chi connectivity index (χ4v) is 2.24. The maximum absolute atomic E-state index is 8.88. The first kappa shape index (κ1) is 12.9. The Morgan fingerprint density at radius 2 is 1.83 bits per heavy atom. The molecule has 0 aliphatic rings. The molecule has 0 bridgehead atoms. The number of ether oxygens (including phenoxy) is 1. The van der Waals surface area contributed by atoms with Crippen LogP contribution < -0.4 is 4.74 Å². The van der Waals surface area contributed by atoms with Crippen LogP contribution in [0, 0.1) is 0 Å². The maximum Gasteiger partial charge on any atom is 0.119 e. The Hall–Kier alpha value is -1.54. The van der Waals surface area contributed by atoms with E-state index in [1.54, 1.807) is 7.11 Å². The summed E-state index contributed by atoms with van der Waals surface area (Å²) < 4.78 is 5.23. The van der Waals surface area contributed by atoms with E-state index in [2.05, 4.69) is 37.3 Å². The lowest BCUT2D eigenvalue weighted by Crippen LogP contribution is -1.95. The molecule has 0 spiro atoms. The van der Waals surface area contributed by atoms with Crippen LogP contribution in [0.15, 0.2) is 36.4 Å². The van der Waals surface area contributed by atoms with Crippen molar-refractivity contribution in [3.05, 3.63) is 42.0 Å². The Kier molecular flexibility index (Phi) is 4.21. The smallest absolute Gasteiger partial charge is 0.119 e. The second-order valence-corrected chi connectivity index (χ2v) is 4.74. The van der Waals surface area contributed by atoms with Crippen molar-refractivity contribution in [3.8, 4) is 5.75 Å². The van der Waals surface area contributed by atoms with Crippen LogP contribution in [0.1, 0.15) is 31.2 Å². The predicted molar refractivity (Wildman–Crippen MR) is 75.2 cm³/mol. The first-order chi connectivity index (χ1) is 8.74. The number of hydrogen-bond acceptors (Lipinski definition) is 2. The Bertz CT molecular complexity index is 519. The molecule has 18 heavy (non-hydrogen) atoms. The summed E-state index contributed by atoms with van der Waals surface area (Å²) in [5, 5.41) is 11.3. The van der Waals surface area contributed by atoms with E-state index >= 15 is 0 Å². The van der Waals surface area contributed by atoms with E-state index in [4.69, 9.17) is 9.84 Å². The standard InChI is InChI=1S/C16H20O2/c1-12(4-3-9-17)13-5-6-15-11-16(18-2)8-7-14(15)10-13/h5-8,10-12,17H,3-4,9H2,1-2H3. The molecule has 0 heterocycles. The molecule has 0 aromatic heterocycles. The monoisotopic (exact) mass is 244 g/mol. The highest BCUT2D eigenvalue weighted by Gasteiger charge is 2.06. The molecule has 96 valence electrons. The lowest BCUT2D eigenvalue weighted by Gasteiger charge is -2.12. The van der Waals surface area contributed by atoms with E-state index < -0.39 is 0 Å². The molecule has 0 fully saturated rings. The number of aliphatic hydroxyl groups is 1. The van der Waals surface area contributed by atoms with Crippen LogP contribution >= 0.6 is 0 Å². The minimum Gasteiger partial charge on any atom is -0.497 e. The quantitative estimate of drug-likeness (QED) is 0.868. The van der Waals surface area contributed by atoms with E-state index in [-0.39, 0.29) is 6.61 Å². The summed E-state index contributed by atoms with van der Waals surface area (Å²) in [5.74, 6) is 1.38. The van der Waals surface area contributed by atoms with Crippen LogP contribution in [0.5, 0.6) is 5.75 Å². The van der Waals surface area contributed by atoms with Gasteiger partial charge in [-0.1, -0.05) is 31.2 Å². The van der Waals surface area contributed by atoms with Gasteiger partial charge in [0.25, 0.3) is 0 Å². The lowest BCUT2D eigenvalue weighted by atomic mass is 9.94. The molecule has 0 saturated carbocycles. The molecule has 0 saturated heterocycles. The topological polar surface area (TPSA) is 29.5 Å². The van der Waals surface area contributed by atoms with Crippen molar-refractivity contribution in [2.24, 2.45) is 0 Å². The van der Waals surface area contributed by atoms with Crippen molar-refractivity contribution in [3.63, 3.8) is 0 Å². The number of hydrogen-bond donors (Lipinski definition) is 1. The molecular weight excluding hydrogens is 224 g/mol. The Morgan fingerprint density at radius 3 is 2.56 bits per heavy atom. The minimum atomic E-state index is 0.273. The summed E-state index contributed by atoms with van der Waals surface area (Å²) in [4.78, 5) is 0. The van der Waals surface area contributed by atoms with Crippen molar-refractivity contribution >= 4 is 10.8 Å². The molecular formula is C16H20O2. The highest BCUT2D eigenvalue weighted by molar-refractivity contribution is 5.84. The second kappa shape index (κ2) is 5.87. The highest BCUT2D eigenvalue weighted by Crippen LogP contribution is 2.26. The third-order valence-electron chi connectivity index (χ3n) is 3.44. The number of aliphatic hydroxyl groups excluding tert-OH is 1. The van der Waals surface area contributed by atoms with Gasteiger partial charge < -0.3 is 9.84 Å². The van der Waals surface area contributed by atoms with Gasteiger partial charge in [0.2, 0.25) is 0 Å². The van der Waals surface area contributed by atoms with Crippen LogP contribution in [-0.4, -0.2) is 18.8 Å². The molecule has 2 aromatic carbocycles. The van der Waals surface area contributed by atoms with Crippen molar-refractivity contribution in [2.45, 2.75) is 25.7 Å². The summed E-state index contributed by atoms with van der Waals surface area (Å²) >= 11 is 0. The van der Waals surface area contributed by atoms with Gasteiger partial charge in [0, 0.05) is 6.61 Å². The summed E-state index contributed by atoms with van der Waals surface area (Å²) in [5.41, 5.74) is 1.33. The fraction of sp³-hybridized carbons (Fsp3) is 0.375. The largest absolute Gasteiger partial charge is 0.497 e. The molecule has 2 heteroatoms. The molecule has 2 nitrogen and oxygen atoms in total. The number of methoxy groups -OCH3 is 1. The van der Waals surface area contributed by atoms with Crippen LogP contribution in [0.2, 0.25) is 0 Å². The van der Waals surface area contributed by atoms with Gasteiger partial charge in [0.15, 0.2) is 0 Å². The molecule has 0 aliphatic carbocycles. The maximum atomic E-state index is 8.88. The van der Waals surface area contributed by atoms with Gasteiger partial charge in [-0.05, 0) is 47.2 Å². The van der Waals surface area contributed by atoms with E-state index in [1.165, 1.54) is 16.3 Å². The lowest BCUT2D eigenvalue weighted by molar-refractivity contribution is 0.281. The molecule has 1 unspecified atom stereocenters. The third-order valence-corrected chi connectivity index (χ3v) is 3.44. The molecule has 2 aromatic rings. The van der Waals surface area contributed by atoms with Crippen molar-refractivity contribution in [1.82, 2.24) is 0 Å². The van der Waals surface area contributed by atoms with Gasteiger partial charge >= 0.3 is 0 Å². The van der Waals surface area contributed by atoms with Crippen molar-refractivity contribution < 1.29 is 9.84 Å². The van der Waals surface area contributed by atoms with Gasteiger partial charge in [-0.25, -0.2) is 0 Å². The predicted octanol–water partition coefficient (Wildman–Crippen LogP) is 3.72. The fourth-order valence-electron chi connectivity index (χ4n) is 2.24. The molecule has 1 atom stereocenters. The zero-order valence-electron chi connectivity index (χ0n) is 11.0. The van der Waals surface area contributed by atoms with E-state index in [0.717, 1.165) is 18.6 Å². The molecule has 0 radical (unpaired) electrons. The van der Waals surface area contributed by atoms with E-state index in [9.17, 15) is 0 Å². The Morgan fingerprint density at radius 1 is 1.11 bits per heavy atom. The van der Waals surface area contributed by atoms with Crippen LogP contribution in [0.4, 0.5) is 0 Å². The molecule has 0 aliphatic heterocycles. The van der Waals surface area contributed by atoms with Crippen LogP contribution in [0.25, 0.3) is 10.8 Å². The van der Waals surface area contributed by atoms with Crippen molar-refractivity contribution in [2.75, 3.05) is 13.7 Å². The molecule has 0 amide bonds. The Balaban J connectivity index is 2.27. The van der Waals surface area contributed by atoms with E-state index in [0.29, 0.717) is 5.92 Å². The van der Waals surface area contributed by atoms with E-state index in [1.807, 2.05) is 6.07 Å². The van der Waals surface area contributed by atoms with Gasteiger partial charge in [-0.3, -0.25) is 0 Å². The summed E-state index contributed by atoms with van der Waals surface area (Å²) in [6.45, 7) is 2.48. The molecule has 2 rings (SSSR count). The van der Waals surface area contributed by atoms with Gasteiger partial charge in [0.05, 0.1) is 7.11 Å². The van der Waals surface area contributed by atoms with Gasteiger partial charge in [-0.2, -0.15) is 0 Å². The van der Waals surface area contributed by atoms with Crippen LogP contribution in [-0.2, 0) is 0 Å². The normalized spacial score (nSPS) is 12.6. The second-order valence-electron chi connectivity index (χ2n) is 4.74. The molecule has 1 N–H and O–H groups in total. The van der Waals surface area contributed by atoms with Gasteiger partial charge in [-0.15, -0.1) is 0 Å².